The Morgan fingerprint density at radius 1 is 0.975 bits per heavy atom. The molecular formula is C31H31N5O4. The maximum Gasteiger partial charge on any atom is 0.258 e. The molecule has 1 aliphatic heterocycles. The summed E-state index contributed by atoms with van der Waals surface area (Å²) in [7, 11) is 1.59. The highest BCUT2D eigenvalue weighted by molar-refractivity contribution is 6.13. The van der Waals surface area contributed by atoms with Gasteiger partial charge >= 0.3 is 0 Å². The van der Waals surface area contributed by atoms with Gasteiger partial charge in [0.05, 0.1) is 37.6 Å². The number of nitrogens with two attached hydrogens (primary N) is 2. The molecular weight excluding hydrogens is 506 g/mol. The van der Waals surface area contributed by atoms with Crippen LogP contribution in [-0.2, 0) is 16.1 Å². The third kappa shape index (κ3) is 5.06. The van der Waals surface area contributed by atoms with Gasteiger partial charge in [0.1, 0.15) is 11.8 Å². The molecule has 4 aromatic carbocycles. The number of anilines is 3. The zero-order chi connectivity index (χ0) is 28.4. The molecule has 9 heteroatoms. The molecule has 5 N–H and O–H groups in total. The molecule has 1 heterocycles. The number of fused-ring (bicyclic) bond motifs is 2. The van der Waals surface area contributed by atoms with Crippen LogP contribution in [0.5, 0.6) is 5.75 Å². The molecule has 4 aromatic rings. The van der Waals surface area contributed by atoms with Gasteiger partial charge in [-0.3, -0.25) is 14.4 Å². The highest BCUT2D eigenvalue weighted by atomic mass is 16.5. The Hall–Kier alpha value is -4.89. The number of carbonyl (C=O) groups is 3. The van der Waals surface area contributed by atoms with Gasteiger partial charge in [0.2, 0.25) is 5.91 Å². The van der Waals surface area contributed by atoms with E-state index in [9.17, 15) is 14.4 Å². The van der Waals surface area contributed by atoms with Crippen molar-refractivity contribution in [2.75, 3.05) is 29.2 Å². The lowest BCUT2D eigenvalue weighted by Crippen LogP contribution is -2.55. The summed E-state index contributed by atoms with van der Waals surface area (Å²) in [4.78, 5) is 43.9. The predicted octanol–water partition coefficient (Wildman–Crippen LogP) is 3.46. The van der Waals surface area contributed by atoms with Crippen molar-refractivity contribution in [3.05, 3.63) is 96.1 Å². The Kier molecular flexibility index (Phi) is 7.39. The number of ether oxygens (including phenoxy) is 1. The van der Waals surface area contributed by atoms with E-state index in [1.165, 1.54) is 4.90 Å². The highest BCUT2D eigenvalue weighted by Gasteiger charge is 2.38. The molecule has 2 atom stereocenters. The topological polar surface area (TPSA) is 131 Å². The quantitative estimate of drug-likeness (QED) is 0.323. The van der Waals surface area contributed by atoms with Crippen LogP contribution in [0, 0.1) is 0 Å². The molecule has 0 aromatic heterocycles. The van der Waals surface area contributed by atoms with E-state index in [0.29, 0.717) is 28.4 Å². The van der Waals surface area contributed by atoms with E-state index in [1.54, 1.807) is 55.3 Å². The van der Waals surface area contributed by atoms with Gasteiger partial charge in [-0.25, -0.2) is 0 Å². The molecule has 9 nitrogen and oxygen atoms in total. The fourth-order valence-corrected chi connectivity index (χ4v) is 4.96. The summed E-state index contributed by atoms with van der Waals surface area (Å²) in [5.74, 6) is -0.569. The fraction of sp³-hybridized carbons (Fsp3) is 0.194. The SMILES string of the molecule is COc1ccc2ccccc2c1CN1C(=O)C(NC(=O)C(C)N)CN(C(=O)c2ccc(N)cc2)c2ccccc21. The molecule has 5 rings (SSSR count). The van der Waals surface area contributed by atoms with Crippen LogP contribution >= 0.6 is 0 Å². The van der Waals surface area contributed by atoms with Crippen LogP contribution in [-0.4, -0.2) is 43.5 Å². The van der Waals surface area contributed by atoms with Gasteiger partial charge in [-0.2, -0.15) is 0 Å². The number of carbonyl (C=O) groups excluding carboxylic acids is 3. The van der Waals surface area contributed by atoms with Crippen molar-refractivity contribution in [2.24, 2.45) is 5.73 Å². The van der Waals surface area contributed by atoms with Crippen LogP contribution in [0.4, 0.5) is 17.1 Å². The average molecular weight is 538 g/mol. The van der Waals surface area contributed by atoms with Gasteiger partial charge in [-0.15, -0.1) is 0 Å². The summed E-state index contributed by atoms with van der Waals surface area (Å²) in [6.07, 6.45) is 0. The standard InChI is InChI=1S/C31H31N5O4/c1-19(32)29(37)34-25-18-36(30(38)21-11-14-22(33)15-12-21)27-10-6-5-9-26(27)35(31(25)39)17-24-23-8-4-3-7-20(23)13-16-28(24)40-2/h3-16,19,25H,17-18,32-33H2,1-2H3,(H,34,37). The van der Waals surface area contributed by atoms with Gasteiger partial charge in [0.25, 0.3) is 11.8 Å². The Morgan fingerprint density at radius 2 is 1.65 bits per heavy atom. The summed E-state index contributed by atoms with van der Waals surface area (Å²) < 4.78 is 5.70. The van der Waals surface area contributed by atoms with Crippen molar-refractivity contribution in [1.82, 2.24) is 5.32 Å². The van der Waals surface area contributed by atoms with E-state index >= 15 is 0 Å². The van der Waals surface area contributed by atoms with Gasteiger partial charge in [0.15, 0.2) is 0 Å². The van der Waals surface area contributed by atoms with Crippen LogP contribution in [0.25, 0.3) is 10.8 Å². The Bertz CT molecular complexity index is 1580. The molecule has 2 unspecified atom stereocenters. The predicted molar refractivity (Wildman–Crippen MR) is 156 cm³/mol. The second kappa shape index (κ2) is 11.1. The zero-order valence-corrected chi connectivity index (χ0v) is 22.3. The second-order valence-corrected chi connectivity index (χ2v) is 9.77. The average Bonchev–Trinajstić information content (AvgIpc) is 3.08. The zero-order valence-electron chi connectivity index (χ0n) is 22.3. The third-order valence-electron chi connectivity index (χ3n) is 7.06. The highest BCUT2D eigenvalue weighted by Crippen LogP contribution is 2.37. The lowest BCUT2D eigenvalue weighted by atomic mass is 10.0. The summed E-state index contributed by atoms with van der Waals surface area (Å²) in [6, 6.07) is 23.6. The Labute approximate surface area is 232 Å². The van der Waals surface area contributed by atoms with Gasteiger partial charge < -0.3 is 31.3 Å². The number of methoxy groups -OCH3 is 1. The van der Waals surface area contributed by atoms with Crippen molar-refractivity contribution < 1.29 is 19.1 Å². The Balaban J connectivity index is 1.65. The lowest BCUT2D eigenvalue weighted by molar-refractivity contribution is -0.127. The largest absolute Gasteiger partial charge is 0.496 e. The smallest absolute Gasteiger partial charge is 0.258 e. The van der Waals surface area contributed by atoms with E-state index in [1.807, 2.05) is 48.5 Å². The van der Waals surface area contributed by atoms with E-state index < -0.39 is 18.0 Å². The van der Waals surface area contributed by atoms with E-state index in [2.05, 4.69) is 5.32 Å². The molecule has 0 saturated carbocycles. The molecule has 0 aliphatic carbocycles. The second-order valence-electron chi connectivity index (χ2n) is 9.77. The minimum absolute atomic E-state index is 0.0827. The van der Waals surface area contributed by atoms with E-state index in [0.717, 1.165) is 16.3 Å². The molecule has 0 bridgehead atoms. The number of amides is 3. The summed E-state index contributed by atoms with van der Waals surface area (Å²) in [5.41, 5.74) is 14.5. The number of rotatable bonds is 6. The minimum atomic E-state index is -1.05. The summed E-state index contributed by atoms with van der Waals surface area (Å²) in [5, 5.41) is 4.70. The first-order valence-corrected chi connectivity index (χ1v) is 13.0. The third-order valence-corrected chi connectivity index (χ3v) is 7.06. The number of nitrogens with zero attached hydrogens (tertiary/aromatic N) is 2. The van der Waals surface area contributed by atoms with Gasteiger partial charge in [0, 0.05) is 16.8 Å². The molecule has 0 fully saturated rings. The van der Waals surface area contributed by atoms with Crippen LogP contribution in [0.1, 0.15) is 22.8 Å². The molecule has 0 radical (unpaired) electrons. The number of nitrogens with one attached hydrogen (secondary N) is 1. The summed E-state index contributed by atoms with van der Waals surface area (Å²) >= 11 is 0. The number of nitrogen functional groups attached to an aromatic ring is 1. The Morgan fingerprint density at radius 3 is 2.35 bits per heavy atom. The van der Waals surface area contributed by atoms with E-state index in [-0.39, 0.29) is 24.9 Å². The maximum absolute atomic E-state index is 14.2. The number of hydrogen-bond acceptors (Lipinski definition) is 6. The van der Waals surface area contributed by atoms with Crippen molar-refractivity contribution in [3.8, 4) is 5.75 Å². The molecule has 40 heavy (non-hydrogen) atoms. The first kappa shape index (κ1) is 26.7. The van der Waals surface area contributed by atoms with Gasteiger partial charge in [-0.05, 0) is 60.2 Å². The molecule has 0 saturated heterocycles. The van der Waals surface area contributed by atoms with Crippen molar-refractivity contribution in [2.45, 2.75) is 25.6 Å². The van der Waals surface area contributed by atoms with Crippen LogP contribution in [0.15, 0.2) is 84.9 Å². The maximum atomic E-state index is 14.2. The fourth-order valence-electron chi connectivity index (χ4n) is 4.96. The molecule has 204 valence electrons. The van der Waals surface area contributed by atoms with Crippen LogP contribution < -0.4 is 31.3 Å². The number of benzene rings is 4. The van der Waals surface area contributed by atoms with E-state index in [4.69, 9.17) is 16.2 Å². The van der Waals surface area contributed by atoms with Crippen molar-refractivity contribution >= 4 is 45.6 Å². The van der Waals surface area contributed by atoms with Gasteiger partial charge in [-0.1, -0.05) is 42.5 Å². The first-order chi connectivity index (χ1) is 19.3. The molecule has 1 aliphatic rings. The summed E-state index contributed by atoms with van der Waals surface area (Å²) in [6.45, 7) is 1.61. The number of hydrogen-bond donors (Lipinski definition) is 3. The number of para-hydroxylation sites is 2. The van der Waals surface area contributed by atoms with Crippen LogP contribution in [0.3, 0.4) is 0 Å². The minimum Gasteiger partial charge on any atom is -0.496 e. The monoisotopic (exact) mass is 537 g/mol. The van der Waals surface area contributed by atoms with Crippen molar-refractivity contribution in [1.29, 1.82) is 0 Å². The van der Waals surface area contributed by atoms with Crippen LogP contribution in [0.2, 0.25) is 0 Å². The molecule has 0 spiro atoms. The lowest BCUT2D eigenvalue weighted by Gasteiger charge is -2.27. The first-order valence-electron chi connectivity index (χ1n) is 13.0. The van der Waals surface area contributed by atoms with Crippen molar-refractivity contribution in [3.63, 3.8) is 0 Å². The normalized spacial score (nSPS) is 15.8. The molecule has 3 amide bonds.